The molecular formula is C53H77NO14. The van der Waals surface area contributed by atoms with E-state index in [1.807, 2.05) is 18.2 Å². The Bertz CT molecular complexity index is 2020. The Morgan fingerprint density at radius 1 is 0.853 bits per heavy atom. The van der Waals surface area contributed by atoms with Crippen molar-refractivity contribution in [2.24, 2.45) is 16.7 Å². The molecule has 0 radical (unpaired) electrons. The lowest BCUT2D eigenvalue weighted by atomic mass is 9.45. The zero-order chi connectivity index (χ0) is 50.7. The SMILES string of the molecule is CC/C=C\C/C=C\C/C=C\C/C=C\C/C=C\C/C=C\CCC(=O)OC(C(=O)OC1C[C@@]2(O)[C@@H](OC(C)=O)[C@@H]3[C@]4(O)CO[C@@H]4C[C@H](O)[C@@]3(C)C(=O)[C@H](O)C(=C1C)C2(C)C)[C@H](C)NC(=O)OC(C)(C)C. The van der Waals surface area contributed by atoms with E-state index < -0.39 is 112 Å². The van der Waals surface area contributed by atoms with E-state index in [2.05, 4.69) is 66.9 Å². The maximum absolute atomic E-state index is 14.6. The van der Waals surface area contributed by atoms with E-state index in [1.54, 1.807) is 34.6 Å². The first-order chi connectivity index (χ1) is 31.9. The van der Waals surface area contributed by atoms with E-state index in [9.17, 15) is 44.4 Å². The average molecular weight is 952 g/mol. The van der Waals surface area contributed by atoms with Crippen LogP contribution in [0, 0.1) is 16.7 Å². The Kier molecular flexibility index (Phi) is 19.5. The van der Waals surface area contributed by atoms with E-state index >= 15 is 0 Å². The van der Waals surface area contributed by atoms with Crippen LogP contribution in [0.5, 0.6) is 0 Å². The van der Waals surface area contributed by atoms with Crippen molar-refractivity contribution in [1.82, 2.24) is 5.32 Å². The summed E-state index contributed by atoms with van der Waals surface area (Å²) in [5.41, 5.74) is -8.43. The molecule has 68 heavy (non-hydrogen) atoms. The van der Waals surface area contributed by atoms with Crippen LogP contribution in [-0.4, -0.2) is 116 Å². The van der Waals surface area contributed by atoms with E-state index in [1.165, 1.54) is 20.8 Å². The van der Waals surface area contributed by atoms with Gasteiger partial charge in [0.2, 0.25) is 6.10 Å². The van der Waals surface area contributed by atoms with E-state index in [-0.39, 0.29) is 37.0 Å². The number of aliphatic hydroxyl groups excluding tert-OH is 2. The van der Waals surface area contributed by atoms with Crippen LogP contribution in [0.2, 0.25) is 0 Å². The summed E-state index contributed by atoms with van der Waals surface area (Å²) in [5.74, 6) is -5.15. The lowest BCUT2D eigenvalue weighted by molar-refractivity contribution is -0.345. The van der Waals surface area contributed by atoms with Gasteiger partial charge in [0.1, 0.15) is 35.1 Å². The van der Waals surface area contributed by atoms with Crippen molar-refractivity contribution < 1.29 is 68.1 Å². The maximum Gasteiger partial charge on any atom is 0.408 e. The van der Waals surface area contributed by atoms with Crippen molar-refractivity contribution in [3.63, 3.8) is 0 Å². The summed E-state index contributed by atoms with van der Waals surface area (Å²) in [7, 11) is 0. The quantitative estimate of drug-likeness (QED) is 0.0468. The number of aliphatic hydroxyl groups is 4. The Morgan fingerprint density at radius 3 is 1.87 bits per heavy atom. The molecule has 0 spiro atoms. The van der Waals surface area contributed by atoms with E-state index in [0.29, 0.717) is 6.42 Å². The van der Waals surface area contributed by atoms with Gasteiger partial charge in [-0.3, -0.25) is 14.4 Å². The fourth-order valence-corrected chi connectivity index (χ4v) is 9.97. The lowest BCUT2D eigenvalue weighted by Gasteiger charge is -2.66. The second-order valence-corrected chi connectivity index (χ2v) is 20.2. The molecular weight excluding hydrogens is 875 g/mol. The van der Waals surface area contributed by atoms with Gasteiger partial charge < -0.3 is 49.4 Å². The van der Waals surface area contributed by atoms with Crippen LogP contribution in [0.15, 0.2) is 84.1 Å². The number of amides is 1. The predicted molar refractivity (Wildman–Crippen MR) is 256 cm³/mol. The number of carbonyl (C=O) groups is 5. The van der Waals surface area contributed by atoms with Crippen molar-refractivity contribution in [2.45, 2.75) is 193 Å². The Morgan fingerprint density at radius 2 is 1.38 bits per heavy atom. The molecule has 1 saturated heterocycles. The zero-order valence-electron chi connectivity index (χ0n) is 41.7. The minimum Gasteiger partial charge on any atom is -0.459 e. The standard InChI is InChI=1S/C53H77NO14/c1-11-12-13-14-15-16-17-18-19-20-21-22-23-24-25-26-27-28-29-30-40(57)67-43(35(3)54-48(61)68-49(5,6)7)47(60)66-37-32-53(63)46(65-36(4)55)44-51(10,38(56)31-39-52(44,62)33-64-39)45(59)42(58)41(34(37)2)50(53,8)9/h12-13,15-16,18-19,21-22,24-25,27-28,35,37-39,42-44,46,56,58,62-63H,11,14,17,20,23,26,29-33H2,1-10H3,(H,54,61)/b13-12-,16-15-,19-18-,22-21-,25-24-,28-27-/t35-,37?,38-,39+,42+,43?,44-,46-,51+,52-,53+/m0/s1. The number of ether oxygens (including phenoxy) is 5. The van der Waals surface area contributed by atoms with E-state index in [4.69, 9.17) is 23.7 Å². The molecule has 2 bridgehead atoms. The van der Waals surface area contributed by atoms with E-state index in [0.717, 1.165) is 39.0 Å². The molecule has 15 heteroatoms. The number of rotatable bonds is 20. The number of nitrogens with one attached hydrogen (secondary N) is 1. The number of hydrogen-bond donors (Lipinski definition) is 5. The normalized spacial score (nSPS) is 31.4. The second-order valence-electron chi connectivity index (χ2n) is 20.2. The molecule has 378 valence electrons. The highest BCUT2D eigenvalue weighted by Crippen LogP contribution is 2.63. The highest BCUT2D eigenvalue weighted by atomic mass is 16.6. The van der Waals surface area contributed by atoms with Crippen LogP contribution in [0.3, 0.4) is 0 Å². The predicted octanol–water partition coefficient (Wildman–Crippen LogP) is 7.07. The van der Waals surface area contributed by atoms with Crippen LogP contribution in [0.1, 0.15) is 133 Å². The summed E-state index contributed by atoms with van der Waals surface area (Å²) < 4.78 is 28.7. The topological polar surface area (TPSA) is 224 Å². The summed E-state index contributed by atoms with van der Waals surface area (Å²) >= 11 is 0. The van der Waals surface area contributed by atoms with Gasteiger partial charge in [0.25, 0.3) is 0 Å². The minimum absolute atomic E-state index is 0.0399. The molecule has 5 N–H and O–H groups in total. The molecule has 3 aliphatic carbocycles. The largest absolute Gasteiger partial charge is 0.459 e. The van der Waals surface area contributed by atoms with Crippen LogP contribution in [0.4, 0.5) is 4.79 Å². The molecule has 1 heterocycles. The first-order valence-corrected chi connectivity index (χ1v) is 24.0. The first-order valence-electron chi connectivity index (χ1n) is 24.0. The first kappa shape index (κ1) is 55.9. The van der Waals surface area contributed by atoms with Crippen molar-refractivity contribution in [3.8, 4) is 0 Å². The number of ketones is 1. The van der Waals surface area contributed by atoms with Crippen LogP contribution < -0.4 is 5.32 Å². The average Bonchev–Trinajstić information content (AvgIpc) is 3.24. The summed E-state index contributed by atoms with van der Waals surface area (Å²) in [5, 5.41) is 51.4. The monoisotopic (exact) mass is 952 g/mol. The number of esters is 3. The third-order valence-electron chi connectivity index (χ3n) is 13.7. The van der Waals surface area contributed by atoms with Gasteiger partial charge in [-0.1, -0.05) is 93.7 Å². The number of allylic oxidation sites excluding steroid dienone is 12. The fourth-order valence-electron chi connectivity index (χ4n) is 9.97. The van der Waals surface area contributed by atoms with Gasteiger partial charge >= 0.3 is 24.0 Å². The van der Waals surface area contributed by atoms with Gasteiger partial charge in [-0.05, 0) is 97.6 Å². The number of hydrogen-bond acceptors (Lipinski definition) is 14. The minimum atomic E-state index is -2.27. The number of Topliss-reactive ketones (excluding diaryl/α,β-unsaturated/α-hetero) is 1. The zero-order valence-corrected chi connectivity index (χ0v) is 41.7. The van der Waals surface area contributed by atoms with Gasteiger partial charge in [-0.2, -0.15) is 0 Å². The molecule has 0 aromatic heterocycles. The number of carbonyl (C=O) groups excluding carboxylic acids is 5. The number of fused-ring (bicyclic) bond motifs is 5. The molecule has 0 aromatic carbocycles. The van der Waals surface area contributed by atoms with Gasteiger partial charge in [-0.25, -0.2) is 9.59 Å². The Hall–Kier alpha value is -4.67. The maximum atomic E-state index is 14.6. The van der Waals surface area contributed by atoms with Crippen LogP contribution in [0.25, 0.3) is 0 Å². The highest BCUT2D eigenvalue weighted by Gasteiger charge is 2.76. The van der Waals surface area contributed by atoms with Crippen molar-refractivity contribution >= 4 is 29.8 Å². The molecule has 2 unspecified atom stereocenters. The summed E-state index contributed by atoms with van der Waals surface area (Å²) in [6.07, 6.45) is 19.5. The molecule has 1 aliphatic heterocycles. The summed E-state index contributed by atoms with van der Waals surface area (Å²) in [4.78, 5) is 68.1. The highest BCUT2D eigenvalue weighted by molar-refractivity contribution is 5.93. The van der Waals surface area contributed by atoms with Crippen LogP contribution in [-0.2, 0) is 42.9 Å². The molecule has 3 fully saturated rings. The molecule has 15 nitrogen and oxygen atoms in total. The molecule has 0 aromatic rings. The van der Waals surface area contributed by atoms with Crippen molar-refractivity contribution in [1.29, 1.82) is 0 Å². The van der Waals surface area contributed by atoms with Crippen molar-refractivity contribution in [2.75, 3.05) is 6.61 Å². The Labute approximate surface area is 402 Å². The number of alkyl carbamates (subject to hydrolysis) is 1. The summed E-state index contributed by atoms with van der Waals surface area (Å²) in [6, 6.07) is -1.20. The van der Waals surface area contributed by atoms with Gasteiger partial charge in [-0.15, -0.1) is 0 Å². The lowest BCUT2D eigenvalue weighted by Crippen LogP contribution is -2.81. The van der Waals surface area contributed by atoms with Crippen LogP contribution >= 0.6 is 0 Å². The third kappa shape index (κ3) is 12.9. The molecule has 4 aliphatic rings. The van der Waals surface area contributed by atoms with Gasteiger partial charge in [0, 0.05) is 37.5 Å². The molecule has 1 amide bonds. The third-order valence-corrected chi connectivity index (χ3v) is 13.7. The van der Waals surface area contributed by atoms with Crippen molar-refractivity contribution in [3.05, 3.63) is 84.1 Å². The second kappa shape index (κ2) is 23.8. The molecule has 4 rings (SSSR count). The van der Waals surface area contributed by atoms with Gasteiger partial charge in [0.05, 0.1) is 30.3 Å². The van der Waals surface area contributed by atoms with Gasteiger partial charge in [0.15, 0.2) is 5.78 Å². The summed E-state index contributed by atoms with van der Waals surface area (Å²) in [6.45, 7) is 15.3. The Balaban J connectivity index is 1.50. The smallest absolute Gasteiger partial charge is 0.408 e. The molecule has 11 atom stereocenters. The fraction of sp³-hybridized carbons (Fsp3) is 0.642. The molecule has 2 saturated carbocycles.